The third kappa shape index (κ3) is 4.37. The molecule has 0 aromatic heterocycles. The molecule has 0 atom stereocenters. The summed E-state index contributed by atoms with van der Waals surface area (Å²) in [5.41, 5.74) is 1.92. The summed E-state index contributed by atoms with van der Waals surface area (Å²) >= 11 is 0. The summed E-state index contributed by atoms with van der Waals surface area (Å²) in [6, 6.07) is 5.03. The number of hydrogen-bond acceptors (Lipinski definition) is 3. The smallest absolute Gasteiger partial charge is 0.229 e. The van der Waals surface area contributed by atoms with E-state index in [4.69, 9.17) is 0 Å². The molecule has 0 aliphatic rings. The van der Waals surface area contributed by atoms with Crippen LogP contribution in [0.15, 0.2) is 18.2 Å². The van der Waals surface area contributed by atoms with Gasteiger partial charge < -0.3 is 5.32 Å². The second-order valence-corrected chi connectivity index (χ2v) is 6.30. The van der Waals surface area contributed by atoms with Crippen LogP contribution in [0.1, 0.15) is 19.4 Å². The van der Waals surface area contributed by atoms with E-state index in [2.05, 4.69) is 10.0 Å². The molecular formula is C12H18N2O3S. The van der Waals surface area contributed by atoms with Crippen molar-refractivity contribution >= 4 is 27.3 Å². The van der Waals surface area contributed by atoms with Crippen molar-refractivity contribution in [2.45, 2.75) is 20.8 Å². The number of rotatable bonds is 4. The zero-order chi connectivity index (χ0) is 13.9. The quantitative estimate of drug-likeness (QED) is 0.878. The molecule has 0 fully saturated rings. The van der Waals surface area contributed by atoms with Crippen molar-refractivity contribution in [1.29, 1.82) is 0 Å². The third-order valence-corrected chi connectivity index (χ3v) is 2.90. The number of benzene rings is 1. The number of sulfonamides is 1. The van der Waals surface area contributed by atoms with Gasteiger partial charge in [0.1, 0.15) is 0 Å². The van der Waals surface area contributed by atoms with Crippen molar-refractivity contribution in [2.24, 2.45) is 5.92 Å². The average Bonchev–Trinajstić information content (AvgIpc) is 2.20. The van der Waals surface area contributed by atoms with E-state index in [0.29, 0.717) is 11.4 Å². The molecule has 0 saturated carbocycles. The van der Waals surface area contributed by atoms with Crippen LogP contribution < -0.4 is 10.0 Å². The molecule has 0 saturated heterocycles. The summed E-state index contributed by atoms with van der Waals surface area (Å²) in [6.07, 6.45) is 1.10. The lowest BCUT2D eigenvalue weighted by Gasteiger charge is -2.11. The molecule has 0 aliphatic carbocycles. The monoisotopic (exact) mass is 270 g/mol. The van der Waals surface area contributed by atoms with Crippen molar-refractivity contribution in [2.75, 3.05) is 16.3 Å². The van der Waals surface area contributed by atoms with Crippen LogP contribution in [0.5, 0.6) is 0 Å². The van der Waals surface area contributed by atoms with Gasteiger partial charge in [-0.15, -0.1) is 0 Å². The van der Waals surface area contributed by atoms with E-state index < -0.39 is 10.0 Å². The molecule has 100 valence electrons. The first kappa shape index (κ1) is 14.5. The molecule has 5 nitrogen and oxygen atoms in total. The van der Waals surface area contributed by atoms with E-state index >= 15 is 0 Å². The fourth-order valence-corrected chi connectivity index (χ4v) is 1.97. The molecule has 0 heterocycles. The van der Waals surface area contributed by atoms with E-state index in [9.17, 15) is 13.2 Å². The van der Waals surface area contributed by atoms with Gasteiger partial charge in [-0.3, -0.25) is 9.52 Å². The molecule has 0 bridgehead atoms. The number of anilines is 2. The number of hydrogen-bond donors (Lipinski definition) is 2. The number of carbonyl (C=O) groups excluding carboxylic acids is 1. The normalized spacial score (nSPS) is 11.4. The van der Waals surface area contributed by atoms with Gasteiger partial charge in [0, 0.05) is 11.6 Å². The van der Waals surface area contributed by atoms with E-state index in [1.807, 2.05) is 13.8 Å². The maximum absolute atomic E-state index is 11.5. The van der Waals surface area contributed by atoms with Crippen LogP contribution in [0.25, 0.3) is 0 Å². The van der Waals surface area contributed by atoms with Crippen LogP contribution >= 0.6 is 0 Å². The van der Waals surface area contributed by atoms with Gasteiger partial charge in [-0.05, 0) is 30.7 Å². The Morgan fingerprint density at radius 1 is 1.28 bits per heavy atom. The molecule has 0 aliphatic heterocycles. The van der Waals surface area contributed by atoms with Crippen molar-refractivity contribution in [1.82, 2.24) is 0 Å². The number of aryl methyl sites for hydroxylation is 1. The Labute approximate surface area is 108 Å². The second kappa shape index (κ2) is 5.39. The summed E-state index contributed by atoms with van der Waals surface area (Å²) < 4.78 is 24.7. The Morgan fingerprint density at radius 2 is 1.89 bits per heavy atom. The van der Waals surface area contributed by atoms with Crippen LogP contribution in [0.3, 0.4) is 0 Å². The van der Waals surface area contributed by atoms with Gasteiger partial charge in [0.2, 0.25) is 15.9 Å². The van der Waals surface area contributed by atoms with Gasteiger partial charge in [0.25, 0.3) is 0 Å². The highest BCUT2D eigenvalue weighted by atomic mass is 32.2. The molecular weight excluding hydrogens is 252 g/mol. The molecule has 1 rings (SSSR count). The van der Waals surface area contributed by atoms with Crippen LogP contribution in [-0.2, 0) is 14.8 Å². The molecule has 0 unspecified atom stereocenters. The van der Waals surface area contributed by atoms with Crippen molar-refractivity contribution in [3.8, 4) is 0 Å². The van der Waals surface area contributed by atoms with Crippen LogP contribution in [0.2, 0.25) is 0 Å². The van der Waals surface area contributed by atoms with Gasteiger partial charge in [-0.1, -0.05) is 13.8 Å². The molecule has 1 aromatic rings. The molecule has 2 N–H and O–H groups in total. The van der Waals surface area contributed by atoms with Crippen molar-refractivity contribution in [3.05, 3.63) is 23.8 Å². The summed E-state index contributed by atoms with van der Waals surface area (Å²) in [5, 5.41) is 2.76. The Kier molecular flexibility index (Phi) is 4.34. The second-order valence-electron chi connectivity index (χ2n) is 4.55. The predicted octanol–water partition coefficient (Wildman–Crippen LogP) is 1.96. The lowest BCUT2D eigenvalue weighted by molar-refractivity contribution is -0.118. The third-order valence-electron chi connectivity index (χ3n) is 2.31. The molecule has 0 radical (unpaired) electrons. The van der Waals surface area contributed by atoms with Crippen molar-refractivity contribution in [3.63, 3.8) is 0 Å². The highest BCUT2D eigenvalue weighted by Gasteiger charge is 2.09. The van der Waals surface area contributed by atoms with Crippen LogP contribution in [-0.4, -0.2) is 20.6 Å². The van der Waals surface area contributed by atoms with Crippen molar-refractivity contribution < 1.29 is 13.2 Å². The van der Waals surface area contributed by atoms with E-state index in [0.717, 1.165) is 11.8 Å². The van der Waals surface area contributed by atoms with Gasteiger partial charge in [0.05, 0.1) is 11.9 Å². The fourth-order valence-electron chi connectivity index (χ4n) is 1.34. The van der Waals surface area contributed by atoms with E-state index in [1.54, 1.807) is 25.1 Å². The fraction of sp³-hybridized carbons (Fsp3) is 0.417. The minimum absolute atomic E-state index is 0.0711. The largest absolute Gasteiger partial charge is 0.326 e. The first-order chi connectivity index (χ1) is 8.19. The van der Waals surface area contributed by atoms with Crippen LogP contribution in [0, 0.1) is 12.8 Å². The average molecular weight is 270 g/mol. The van der Waals surface area contributed by atoms with E-state index in [1.165, 1.54) is 0 Å². The highest BCUT2D eigenvalue weighted by Crippen LogP contribution is 2.20. The molecule has 18 heavy (non-hydrogen) atoms. The molecule has 1 aromatic carbocycles. The first-order valence-electron chi connectivity index (χ1n) is 5.58. The predicted molar refractivity (Wildman–Crippen MR) is 73.1 cm³/mol. The Morgan fingerprint density at radius 3 is 2.33 bits per heavy atom. The zero-order valence-electron chi connectivity index (χ0n) is 10.9. The van der Waals surface area contributed by atoms with Gasteiger partial charge in [-0.25, -0.2) is 8.42 Å². The summed E-state index contributed by atoms with van der Waals surface area (Å²) in [4.78, 5) is 11.5. The maximum Gasteiger partial charge on any atom is 0.229 e. The van der Waals surface area contributed by atoms with Gasteiger partial charge in [-0.2, -0.15) is 0 Å². The first-order valence-corrected chi connectivity index (χ1v) is 7.47. The number of carbonyl (C=O) groups is 1. The molecule has 0 spiro atoms. The Bertz CT molecular complexity index is 550. The topological polar surface area (TPSA) is 75.3 Å². The molecule has 1 amide bonds. The standard InChI is InChI=1S/C12H18N2O3S/c1-8(2)12(15)13-10-5-6-11(9(3)7-10)14-18(4,16)17/h5-8,14H,1-4H3,(H,13,15). The van der Waals surface area contributed by atoms with Crippen LogP contribution in [0.4, 0.5) is 11.4 Å². The van der Waals surface area contributed by atoms with Gasteiger partial charge in [0.15, 0.2) is 0 Å². The number of nitrogens with one attached hydrogen (secondary N) is 2. The lowest BCUT2D eigenvalue weighted by atomic mass is 10.1. The maximum atomic E-state index is 11.5. The highest BCUT2D eigenvalue weighted by molar-refractivity contribution is 7.92. The summed E-state index contributed by atoms with van der Waals surface area (Å²) in [7, 11) is -3.29. The lowest BCUT2D eigenvalue weighted by Crippen LogP contribution is -2.18. The summed E-state index contributed by atoms with van der Waals surface area (Å²) in [6.45, 7) is 5.39. The SMILES string of the molecule is Cc1cc(NC(=O)C(C)C)ccc1NS(C)(=O)=O. The summed E-state index contributed by atoms with van der Waals surface area (Å²) in [5.74, 6) is -0.169. The minimum Gasteiger partial charge on any atom is -0.326 e. The van der Waals surface area contributed by atoms with E-state index in [-0.39, 0.29) is 11.8 Å². The zero-order valence-corrected chi connectivity index (χ0v) is 11.8. The Hall–Kier alpha value is -1.56. The Balaban J connectivity index is 2.89. The number of amides is 1. The van der Waals surface area contributed by atoms with Gasteiger partial charge >= 0.3 is 0 Å². The molecule has 6 heteroatoms. The minimum atomic E-state index is -3.29.